The lowest BCUT2D eigenvalue weighted by molar-refractivity contribution is -0.143. The predicted molar refractivity (Wildman–Crippen MR) is 130 cm³/mol. The number of ether oxygens (including phenoxy) is 2. The number of hydrogen-bond donors (Lipinski definition) is 0. The largest absolute Gasteiger partial charge is 0.493 e. The van der Waals surface area contributed by atoms with Gasteiger partial charge in [-0.2, -0.15) is 0 Å². The molecule has 0 spiro atoms. The summed E-state index contributed by atoms with van der Waals surface area (Å²) in [4.78, 5) is 31.4. The normalized spacial score (nSPS) is 17.6. The van der Waals surface area contributed by atoms with Crippen molar-refractivity contribution < 1.29 is 19.1 Å². The summed E-state index contributed by atoms with van der Waals surface area (Å²) in [5.74, 6) is 2.07. The zero-order valence-corrected chi connectivity index (χ0v) is 20.6. The maximum Gasteiger partial charge on any atom is 0.242 e. The Labute approximate surface area is 200 Å². The Morgan fingerprint density at radius 2 is 1.94 bits per heavy atom. The zero-order chi connectivity index (χ0) is 23.4. The lowest BCUT2D eigenvalue weighted by Crippen LogP contribution is -2.48. The molecule has 1 aliphatic heterocycles. The lowest BCUT2D eigenvalue weighted by atomic mass is 10.00. The van der Waals surface area contributed by atoms with Gasteiger partial charge in [0.15, 0.2) is 11.5 Å². The van der Waals surface area contributed by atoms with Crippen LogP contribution < -0.4 is 9.47 Å². The third-order valence-electron chi connectivity index (χ3n) is 6.42. The minimum Gasteiger partial charge on any atom is -0.493 e. The van der Waals surface area contributed by atoms with E-state index in [0.717, 1.165) is 31.2 Å². The zero-order valence-electron chi connectivity index (χ0n) is 19.8. The molecule has 2 aliphatic rings. The highest BCUT2D eigenvalue weighted by molar-refractivity contribution is 7.10. The van der Waals surface area contributed by atoms with Crippen LogP contribution in [0.1, 0.15) is 49.6 Å². The molecule has 6 nitrogen and oxygen atoms in total. The molecule has 0 bridgehead atoms. The number of rotatable bonds is 10. The molecule has 0 N–H and O–H groups in total. The number of amides is 2. The van der Waals surface area contributed by atoms with Crippen molar-refractivity contribution in [3.05, 3.63) is 46.2 Å². The van der Waals surface area contributed by atoms with Gasteiger partial charge in [0.2, 0.25) is 11.8 Å². The van der Waals surface area contributed by atoms with E-state index in [1.54, 1.807) is 23.3 Å². The van der Waals surface area contributed by atoms with E-state index in [9.17, 15) is 9.59 Å². The quantitative estimate of drug-likeness (QED) is 0.511. The van der Waals surface area contributed by atoms with Crippen LogP contribution in [0, 0.1) is 11.8 Å². The van der Waals surface area contributed by atoms with Crippen molar-refractivity contribution in [1.29, 1.82) is 0 Å². The first-order valence-electron chi connectivity index (χ1n) is 11.9. The van der Waals surface area contributed by atoms with Crippen molar-refractivity contribution in [2.45, 2.75) is 45.6 Å². The molecule has 1 aliphatic carbocycles. The highest BCUT2D eigenvalue weighted by atomic mass is 32.1. The summed E-state index contributed by atoms with van der Waals surface area (Å²) in [6.45, 7) is 6.07. The highest BCUT2D eigenvalue weighted by Gasteiger charge is 2.37. The van der Waals surface area contributed by atoms with Crippen LogP contribution in [0.3, 0.4) is 0 Å². The number of benzene rings is 1. The van der Waals surface area contributed by atoms with E-state index >= 15 is 0 Å². The number of hydrogen-bond acceptors (Lipinski definition) is 5. The minimum atomic E-state index is -0.180. The molecule has 0 unspecified atom stereocenters. The highest BCUT2D eigenvalue weighted by Crippen LogP contribution is 2.36. The molecule has 33 heavy (non-hydrogen) atoms. The van der Waals surface area contributed by atoms with Gasteiger partial charge in [-0.3, -0.25) is 9.59 Å². The van der Waals surface area contributed by atoms with Crippen molar-refractivity contribution in [3.8, 4) is 11.5 Å². The van der Waals surface area contributed by atoms with Gasteiger partial charge in [0.05, 0.1) is 19.7 Å². The molecule has 1 aromatic carbocycles. The molecule has 1 fully saturated rings. The van der Waals surface area contributed by atoms with Crippen molar-refractivity contribution >= 4 is 23.2 Å². The van der Waals surface area contributed by atoms with Crippen LogP contribution in [0.5, 0.6) is 11.5 Å². The van der Waals surface area contributed by atoms with Gasteiger partial charge in [0.25, 0.3) is 0 Å². The van der Waals surface area contributed by atoms with Gasteiger partial charge in [-0.15, -0.1) is 11.3 Å². The van der Waals surface area contributed by atoms with E-state index in [1.807, 2.05) is 29.2 Å². The van der Waals surface area contributed by atoms with Crippen LogP contribution in [0.15, 0.2) is 35.7 Å². The molecule has 1 atom stereocenters. The number of fused-ring (bicyclic) bond motifs is 1. The molecule has 2 heterocycles. The van der Waals surface area contributed by atoms with Crippen LogP contribution in [-0.2, 0) is 16.0 Å². The van der Waals surface area contributed by atoms with Gasteiger partial charge in [0, 0.05) is 23.9 Å². The lowest BCUT2D eigenvalue weighted by Gasteiger charge is -2.37. The first-order chi connectivity index (χ1) is 16.0. The molecule has 178 valence electrons. The number of carbonyl (C=O) groups excluding carboxylic acids is 2. The van der Waals surface area contributed by atoms with E-state index in [1.165, 1.54) is 4.88 Å². The van der Waals surface area contributed by atoms with Gasteiger partial charge in [-0.25, -0.2) is 0 Å². The van der Waals surface area contributed by atoms with E-state index in [2.05, 4.69) is 25.3 Å². The molecule has 0 radical (unpaired) electrons. The SMILES string of the molecule is COc1ccccc1OC[C@@H]1c2ccsc2CCN1C(=O)CN(CCC(C)C)C(=O)C1CC1. The van der Waals surface area contributed by atoms with Crippen molar-refractivity contribution in [2.75, 3.05) is 33.4 Å². The number of nitrogens with zero attached hydrogens (tertiary/aromatic N) is 2. The summed E-state index contributed by atoms with van der Waals surface area (Å²) in [6, 6.07) is 9.48. The first-order valence-corrected chi connectivity index (χ1v) is 12.8. The molecule has 0 saturated heterocycles. The minimum absolute atomic E-state index is 0.00164. The summed E-state index contributed by atoms with van der Waals surface area (Å²) in [6.07, 6.45) is 3.64. The number of carbonyl (C=O) groups is 2. The Balaban J connectivity index is 1.50. The van der Waals surface area contributed by atoms with Crippen LogP contribution in [0.4, 0.5) is 0 Å². The van der Waals surface area contributed by atoms with E-state index in [4.69, 9.17) is 9.47 Å². The molecule has 2 aromatic rings. The first kappa shape index (κ1) is 23.6. The molecule has 7 heteroatoms. The Morgan fingerprint density at radius 1 is 1.18 bits per heavy atom. The molecule has 1 saturated carbocycles. The van der Waals surface area contributed by atoms with Crippen molar-refractivity contribution in [3.63, 3.8) is 0 Å². The predicted octanol–water partition coefficient (Wildman–Crippen LogP) is 4.55. The molecular weight excluding hydrogens is 436 g/mol. The van der Waals surface area contributed by atoms with Gasteiger partial charge in [0.1, 0.15) is 6.61 Å². The third-order valence-corrected chi connectivity index (χ3v) is 7.42. The monoisotopic (exact) mass is 470 g/mol. The summed E-state index contributed by atoms with van der Waals surface area (Å²) < 4.78 is 11.6. The van der Waals surface area contributed by atoms with Crippen LogP contribution in [-0.4, -0.2) is 55.0 Å². The Bertz CT molecular complexity index is 969. The smallest absolute Gasteiger partial charge is 0.242 e. The van der Waals surface area contributed by atoms with E-state index in [0.29, 0.717) is 37.1 Å². The van der Waals surface area contributed by atoms with Gasteiger partial charge in [-0.1, -0.05) is 26.0 Å². The van der Waals surface area contributed by atoms with Crippen molar-refractivity contribution in [1.82, 2.24) is 9.80 Å². The number of thiophene rings is 1. The van der Waals surface area contributed by atoms with E-state index in [-0.39, 0.29) is 30.3 Å². The van der Waals surface area contributed by atoms with Gasteiger partial charge in [-0.05, 0) is 60.7 Å². The summed E-state index contributed by atoms with van der Waals surface area (Å²) in [5.41, 5.74) is 1.15. The fraction of sp³-hybridized carbons (Fsp3) is 0.538. The average Bonchev–Trinajstić information content (AvgIpc) is 3.56. The topological polar surface area (TPSA) is 59.1 Å². The maximum atomic E-state index is 13.5. The van der Waals surface area contributed by atoms with Crippen molar-refractivity contribution in [2.24, 2.45) is 11.8 Å². The standard InChI is InChI=1S/C26H34N2O4S/c1-18(2)10-13-27(26(30)19-8-9-19)16-25(29)28-14-11-24-20(12-15-33-24)21(28)17-32-23-7-5-4-6-22(23)31-3/h4-7,12,15,18-19,21H,8-11,13-14,16-17H2,1-3H3/t21-/m1/s1. The second kappa shape index (κ2) is 10.6. The Kier molecular flexibility index (Phi) is 7.58. The number of para-hydroxylation sites is 2. The summed E-state index contributed by atoms with van der Waals surface area (Å²) in [5, 5.41) is 2.08. The van der Waals surface area contributed by atoms with Gasteiger partial charge >= 0.3 is 0 Å². The molecule has 2 amide bonds. The fourth-order valence-corrected chi connectivity index (χ4v) is 5.23. The molecule has 4 rings (SSSR count). The average molecular weight is 471 g/mol. The Morgan fingerprint density at radius 3 is 2.64 bits per heavy atom. The molecule has 1 aromatic heterocycles. The number of methoxy groups -OCH3 is 1. The second-order valence-corrected chi connectivity index (χ2v) is 10.3. The van der Waals surface area contributed by atoms with Crippen LogP contribution in [0.25, 0.3) is 0 Å². The van der Waals surface area contributed by atoms with E-state index < -0.39 is 0 Å². The third kappa shape index (κ3) is 5.69. The second-order valence-electron chi connectivity index (χ2n) is 9.33. The maximum absolute atomic E-state index is 13.5. The summed E-state index contributed by atoms with van der Waals surface area (Å²) >= 11 is 1.73. The van der Waals surface area contributed by atoms with Crippen LogP contribution in [0.2, 0.25) is 0 Å². The summed E-state index contributed by atoms with van der Waals surface area (Å²) in [7, 11) is 1.62. The van der Waals surface area contributed by atoms with Gasteiger partial charge < -0.3 is 19.3 Å². The molecular formula is C26H34N2O4S. The van der Waals surface area contributed by atoms with Crippen LogP contribution >= 0.6 is 11.3 Å². The Hall–Kier alpha value is -2.54. The fourth-order valence-electron chi connectivity index (χ4n) is 4.31.